The molecule has 1 fully saturated rings. The maximum atomic E-state index is 13.3. The summed E-state index contributed by atoms with van der Waals surface area (Å²) in [6, 6.07) is 5.93. The zero-order valence-corrected chi connectivity index (χ0v) is 17.1. The van der Waals surface area contributed by atoms with E-state index in [1.165, 1.54) is 17.8 Å². The summed E-state index contributed by atoms with van der Waals surface area (Å²) in [4.78, 5) is 6.37. The van der Waals surface area contributed by atoms with E-state index in [2.05, 4.69) is 19.7 Å². The number of hydrogen-bond donors (Lipinski definition) is 1. The number of anilines is 2. The molecular weight excluding hydrogens is 412 g/mol. The molecule has 0 saturated carbocycles. The third kappa shape index (κ3) is 4.43. The van der Waals surface area contributed by atoms with Gasteiger partial charge in [0.25, 0.3) is 10.0 Å². The standard InChI is InChI=1S/C20H21F2N5O2S/c1-26-12-15(10-24-26)8-14-6-7-27(13-14)20-5-3-17(11-23-20)30(28,29)25-16-2-4-18(21)19(22)9-16/h2-5,9-12,14,25H,6-8,13H2,1H3. The first-order valence-electron chi connectivity index (χ1n) is 9.46. The van der Waals surface area contributed by atoms with Crippen molar-refractivity contribution < 1.29 is 17.2 Å². The number of aromatic nitrogens is 3. The summed E-state index contributed by atoms with van der Waals surface area (Å²) in [6.45, 7) is 1.68. The van der Waals surface area contributed by atoms with Crippen molar-refractivity contribution in [1.82, 2.24) is 14.8 Å². The lowest BCUT2D eigenvalue weighted by Gasteiger charge is -2.18. The molecule has 7 nitrogen and oxygen atoms in total. The number of nitrogens with zero attached hydrogens (tertiary/aromatic N) is 4. The van der Waals surface area contributed by atoms with E-state index in [-0.39, 0.29) is 10.6 Å². The van der Waals surface area contributed by atoms with Crippen LogP contribution in [-0.2, 0) is 23.5 Å². The van der Waals surface area contributed by atoms with Crippen LogP contribution in [0.5, 0.6) is 0 Å². The maximum absolute atomic E-state index is 13.3. The lowest BCUT2D eigenvalue weighted by molar-refractivity contribution is 0.509. The van der Waals surface area contributed by atoms with Crippen LogP contribution in [0.2, 0.25) is 0 Å². The smallest absolute Gasteiger partial charge is 0.263 e. The number of sulfonamides is 1. The zero-order chi connectivity index (χ0) is 21.3. The molecular formula is C20H21F2N5O2S. The topological polar surface area (TPSA) is 80.1 Å². The van der Waals surface area contributed by atoms with Crippen LogP contribution in [0.3, 0.4) is 0 Å². The van der Waals surface area contributed by atoms with Crippen LogP contribution >= 0.6 is 0 Å². The van der Waals surface area contributed by atoms with Crippen LogP contribution in [0.4, 0.5) is 20.3 Å². The molecule has 0 amide bonds. The van der Waals surface area contributed by atoms with Gasteiger partial charge in [0.05, 0.1) is 11.9 Å². The second-order valence-corrected chi connectivity index (χ2v) is 9.10. The third-order valence-corrected chi connectivity index (χ3v) is 6.46. The number of hydrogen-bond acceptors (Lipinski definition) is 5. The maximum Gasteiger partial charge on any atom is 0.263 e. The first-order chi connectivity index (χ1) is 14.3. The second-order valence-electron chi connectivity index (χ2n) is 7.41. The Morgan fingerprint density at radius 1 is 1.17 bits per heavy atom. The average Bonchev–Trinajstić information content (AvgIpc) is 3.34. The van der Waals surface area contributed by atoms with Gasteiger partial charge >= 0.3 is 0 Å². The number of benzene rings is 1. The summed E-state index contributed by atoms with van der Waals surface area (Å²) >= 11 is 0. The van der Waals surface area contributed by atoms with E-state index in [0.29, 0.717) is 11.7 Å². The minimum absolute atomic E-state index is 0.0536. The Morgan fingerprint density at radius 3 is 2.67 bits per heavy atom. The molecule has 1 aliphatic heterocycles. The van der Waals surface area contributed by atoms with Gasteiger partial charge in [-0.15, -0.1) is 0 Å². The van der Waals surface area contributed by atoms with E-state index in [1.807, 2.05) is 19.4 Å². The van der Waals surface area contributed by atoms with Crippen molar-refractivity contribution in [3.8, 4) is 0 Å². The Morgan fingerprint density at radius 2 is 2.00 bits per heavy atom. The van der Waals surface area contributed by atoms with Gasteiger partial charge in [-0.05, 0) is 48.6 Å². The van der Waals surface area contributed by atoms with Crippen molar-refractivity contribution >= 4 is 21.5 Å². The van der Waals surface area contributed by atoms with E-state index in [9.17, 15) is 17.2 Å². The van der Waals surface area contributed by atoms with Crippen molar-refractivity contribution in [2.45, 2.75) is 17.7 Å². The van der Waals surface area contributed by atoms with Crippen molar-refractivity contribution in [1.29, 1.82) is 0 Å². The minimum atomic E-state index is -3.96. The van der Waals surface area contributed by atoms with Crippen LogP contribution in [0, 0.1) is 17.6 Å². The monoisotopic (exact) mass is 433 g/mol. The number of halogens is 2. The Hall–Kier alpha value is -3.01. The molecule has 30 heavy (non-hydrogen) atoms. The third-order valence-electron chi connectivity index (χ3n) is 5.10. The normalized spacial score (nSPS) is 16.8. The van der Waals surface area contributed by atoms with Crippen LogP contribution in [-0.4, -0.2) is 36.3 Å². The molecule has 0 aliphatic carbocycles. The molecule has 1 saturated heterocycles. The summed E-state index contributed by atoms with van der Waals surface area (Å²) in [6.07, 6.45) is 7.12. The highest BCUT2D eigenvalue weighted by Gasteiger charge is 2.25. The largest absolute Gasteiger partial charge is 0.356 e. The van der Waals surface area contributed by atoms with Gasteiger partial charge in [-0.3, -0.25) is 9.40 Å². The molecule has 1 atom stereocenters. The van der Waals surface area contributed by atoms with Gasteiger partial charge in [-0.25, -0.2) is 22.2 Å². The summed E-state index contributed by atoms with van der Waals surface area (Å²) in [7, 11) is -2.07. The Kier molecular flexibility index (Phi) is 5.42. The first-order valence-corrected chi connectivity index (χ1v) is 10.9. The van der Waals surface area contributed by atoms with E-state index >= 15 is 0 Å². The average molecular weight is 433 g/mol. The van der Waals surface area contributed by atoms with Gasteiger partial charge in [0.2, 0.25) is 0 Å². The minimum Gasteiger partial charge on any atom is -0.356 e. The molecule has 0 radical (unpaired) electrons. The SMILES string of the molecule is Cn1cc(CC2CCN(c3ccc(S(=O)(=O)Nc4ccc(F)c(F)c4)cn3)C2)cn1. The van der Waals surface area contributed by atoms with E-state index < -0.39 is 21.7 Å². The highest BCUT2D eigenvalue weighted by Crippen LogP contribution is 2.26. The molecule has 3 heterocycles. The van der Waals surface area contributed by atoms with Gasteiger partial charge in [-0.1, -0.05) is 0 Å². The molecule has 0 bridgehead atoms. The van der Waals surface area contributed by atoms with Crippen LogP contribution in [0.15, 0.2) is 53.8 Å². The van der Waals surface area contributed by atoms with Crippen LogP contribution < -0.4 is 9.62 Å². The summed E-state index contributed by atoms with van der Waals surface area (Å²) in [5.74, 6) is -0.986. The predicted molar refractivity (Wildman–Crippen MR) is 109 cm³/mol. The molecule has 1 aliphatic rings. The molecule has 3 aromatic rings. The van der Waals surface area contributed by atoms with Gasteiger partial charge in [0, 0.05) is 38.6 Å². The molecule has 0 spiro atoms. The molecule has 158 valence electrons. The number of aryl methyl sites for hydroxylation is 1. The molecule has 1 aromatic carbocycles. The highest BCUT2D eigenvalue weighted by atomic mass is 32.2. The fraction of sp³-hybridized carbons (Fsp3) is 0.300. The lowest BCUT2D eigenvalue weighted by Crippen LogP contribution is -2.21. The number of nitrogens with one attached hydrogen (secondary N) is 1. The van der Waals surface area contributed by atoms with E-state index in [0.717, 1.165) is 44.1 Å². The van der Waals surface area contributed by atoms with Gasteiger partial charge < -0.3 is 4.90 Å². The summed E-state index contributed by atoms with van der Waals surface area (Å²) < 4.78 is 55.4. The van der Waals surface area contributed by atoms with Crippen molar-refractivity contribution in [3.63, 3.8) is 0 Å². The predicted octanol–water partition coefficient (Wildman–Crippen LogP) is 2.96. The van der Waals surface area contributed by atoms with Gasteiger partial charge in [0.1, 0.15) is 10.7 Å². The highest BCUT2D eigenvalue weighted by molar-refractivity contribution is 7.92. The van der Waals surface area contributed by atoms with E-state index in [1.54, 1.807) is 10.7 Å². The Labute approximate surface area is 173 Å². The Balaban J connectivity index is 1.41. The van der Waals surface area contributed by atoms with Crippen LogP contribution in [0.25, 0.3) is 0 Å². The van der Waals surface area contributed by atoms with Crippen molar-refractivity contribution in [3.05, 3.63) is 66.1 Å². The van der Waals surface area contributed by atoms with Crippen molar-refractivity contribution in [2.24, 2.45) is 13.0 Å². The Bertz CT molecular complexity index is 1150. The summed E-state index contributed by atoms with van der Waals surface area (Å²) in [5.41, 5.74) is 1.14. The van der Waals surface area contributed by atoms with Gasteiger partial charge in [-0.2, -0.15) is 5.10 Å². The molecule has 1 unspecified atom stereocenters. The molecule has 2 aromatic heterocycles. The second kappa shape index (κ2) is 8.02. The molecule has 10 heteroatoms. The molecule has 1 N–H and O–H groups in total. The first kappa shape index (κ1) is 20.3. The van der Waals surface area contributed by atoms with E-state index in [4.69, 9.17) is 0 Å². The molecule has 4 rings (SSSR count). The fourth-order valence-electron chi connectivity index (χ4n) is 3.61. The van der Waals surface area contributed by atoms with Gasteiger partial charge in [0.15, 0.2) is 11.6 Å². The number of rotatable bonds is 6. The zero-order valence-electron chi connectivity index (χ0n) is 16.3. The fourth-order valence-corrected chi connectivity index (χ4v) is 4.60. The number of pyridine rings is 1. The summed E-state index contributed by atoms with van der Waals surface area (Å²) in [5, 5.41) is 4.20. The quantitative estimate of drug-likeness (QED) is 0.647. The van der Waals surface area contributed by atoms with Crippen molar-refractivity contribution in [2.75, 3.05) is 22.7 Å². The van der Waals surface area contributed by atoms with Crippen LogP contribution in [0.1, 0.15) is 12.0 Å². The lowest BCUT2D eigenvalue weighted by atomic mass is 10.0.